The van der Waals surface area contributed by atoms with Gasteiger partial charge in [-0.15, -0.1) is 0 Å². The number of carbonyl (C=O) groups is 1. The second-order valence-electron chi connectivity index (χ2n) is 7.16. The van der Waals surface area contributed by atoms with Gasteiger partial charge in [-0.2, -0.15) is 0 Å². The fourth-order valence-corrected chi connectivity index (χ4v) is 2.37. The van der Waals surface area contributed by atoms with Gasteiger partial charge in [0.05, 0.1) is 5.41 Å². The number of nitrogens with zero attached hydrogens (tertiary/aromatic N) is 2. The summed E-state index contributed by atoms with van der Waals surface area (Å²) in [7, 11) is 3.97. The van der Waals surface area contributed by atoms with Crippen LogP contribution in [0.3, 0.4) is 0 Å². The topological polar surface area (TPSA) is 32.8 Å². The third-order valence-electron chi connectivity index (χ3n) is 4.08. The predicted molar refractivity (Wildman–Crippen MR) is 78.2 cm³/mol. The molecule has 1 aliphatic heterocycles. The Morgan fingerprint density at radius 3 is 2.21 bits per heavy atom. The zero-order chi connectivity index (χ0) is 14.7. The molecule has 1 rings (SSSR count). The average Bonchev–Trinajstić information content (AvgIpc) is 2.27. The summed E-state index contributed by atoms with van der Waals surface area (Å²) in [5, 5.41) is 0. The van der Waals surface area contributed by atoms with Crippen molar-refractivity contribution in [1.29, 1.82) is 0 Å². The quantitative estimate of drug-likeness (QED) is 0.732. The first-order valence-electron chi connectivity index (χ1n) is 7.22. The first-order chi connectivity index (χ1) is 8.65. The molecular formula is C15H30N2O2. The van der Waals surface area contributed by atoms with Crippen molar-refractivity contribution in [3.05, 3.63) is 0 Å². The second-order valence-corrected chi connectivity index (χ2v) is 7.16. The first-order valence-corrected chi connectivity index (χ1v) is 7.22. The highest BCUT2D eigenvalue weighted by Gasteiger charge is 2.40. The van der Waals surface area contributed by atoms with Crippen molar-refractivity contribution in [2.45, 2.75) is 46.1 Å². The number of ether oxygens (including phenoxy) is 1. The van der Waals surface area contributed by atoms with Crippen LogP contribution in [0.1, 0.15) is 40.5 Å². The Morgan fingerprint density at radius 2 is 1.79 bits per heavy atom. The first kappa shape index (κ1) is 16.4. The minimum absolute atomic E-state index is 0.0251. The van der Waals surface area contributed by atoms with Gasteiger partial charge < -0.3 is 9.64 Å². The molecule has 0 aromatic rings. The molecule has 0 aromatic carbocycles. The molecule has 0 spiro atoms. The van der Waals surface area contributed by atoms with Crippen molar-refractivity contribution in [3.63, 3.8) is 0 Å². The number of rotatable bonds is 4. The zero-order valence-corrected chi connectivity index (χ0v) is 13.5. The van der Waals surface area contributed by atoms with Gasteiger partial charge in [0, 0.05) is 12.1 Å². The van der Waals surface area contributed by atoms with Crippen molar-refractivity contribution >= 4 is 5.97 Å². The van der Waals surface area contributed by atoms with E-state index in [-0.39, 0.29) is 16.9 Å². The molecule has 0 radical (unpaired) electrons. The van der Waals surface area contributed by atoms with E-state index in [9.17, 15) is 4.79 Å². The molecule has 4 nitrogen and oxygen atoms in total. The lowest BCUT2D eigenvalue weighted by Gasteiger charge is -2.44. The van der Waals surface area contributed by atoms with Gasteiger partial charge in [0.15, 0.2) is 0 Å². The normalized spacial score (nSPS) is 20.6. The van der Waals surface area contributed by atoms with E-state index in [0.29, 0.717) is 6.61 Å². The lowest BCUT2D eigenvalue weighted by Crippen LogP contribution is -2.50. The van der Waals surface area contributed by atoms with Gasteiger partial charge in [0.1, 0.15) is 6.61 Å². The summed E-state index contributed by atoms with van der Waals surface area (Å²) in [5.74, 6) is -0.0251. The van der Waals surface area contributed by atoms with Gasteiger partial charge in [0.2, 0.25) is 0 Å². The fraction of sp³-hybridized carbons (Fsp3) is 0.933. The summed E-state index contributed by atoms with van der Waals surface area (Å²) in [6.45, 7) is 12.0. The van der Waals surface area contributed by atoms with E-state index < -0.39 is 0 Å². The van der Waals surface area contributed by atoms with Crippen LogP contribution < -0.4 is 0 Å². The van der Waals surface area contributed by atoms with Crippen molar-refractivity contribution in [2.24, 2.45) is 5.41 Å². The summed E-state index contributed by atoms with van der Waals surface area (Å²) in [4.78, 5) is 16.7. The SMILES string of the molecule is CN(C)CCOC(=O)C1(C)CCN(C(C)(C)C)CC1. The van der Waals surface area contributed by atoms with E-state index in [2.05, 4.69) is 25.7 Å². The van der Waals surface area contributed by atoms with Gasteiger partial charge >= 0.3 is 5.97 Å². The van der Waals surface area contributed by atoms with E-state index in [1.807, 2.05) is 25.9 Å². The highest BCUT2D eigenvalue weighted by molar-refractivity contribution is 5.76. The van der Waals surface area contributed by atoms with Crippen LogP contribution in [0.15, 0.2) is 0 Å². The Bertz CT molecular complexity index is 300. The van der Waals surface area contributed by atoms with Crippen molar-refractivity contribution < 1.29 is 9.53 Å². The largest absolute Gasteiger partial charge is 0.464 e. The Morgan fingerprint density at radius 1 is 1.26 bits per heavy atom. The minimum Gasteiger partial charge on any atom is -0.464 e. The number of piperidine rings is 1. The molecule has 1 fully saturated rings. The van der Waals surface area contributed by atoms with Gasteiger partial charge in [-0.25, -0.2) is 0 Å². The molecule has 0 amide bonds. The molecule has 1 saturated heterocycles. The van der Waals surface area contributed by atoms with Gasteiger partial charge in [-0.1, -0.05) is 0 Å². The summed E-state index contributed by atoms with van der Waals surface area (Å²) in [6.07, 6.45) is 1.79. The maximum Gasteiger partial charge on any atom is 0.311 e. The van der Waals surface area contributed by atoms with Gasteiger partial charge in [-0.3, -0.25) is 9.69 Å². The van der Waals surface area contributed by atoms with Crippen LogP contribution in [0.5, 0.6) is 0 Å². The van der Waals surface area contributed by atoms with Gasteiger partial charge in [0.25, 0.3) is 0 Å². The van der Waals surface area contributed by atoms with Crippen molar-refractivity contribution in [2.75, 3.05) is 40.3 Å². The number of carbonyl (C=O) groups excluding carboxylic acids is 1. The van der Waals surface area contributed by atoms with E-state index in [4.69, 9.17) is 4.74 Å². The van der Waals surface area contributed by atoms with Gasteiger partial charge in [-0.05, 0) is 67.7 Å². The summed E-state index contributed by atoms with van der Waals surface area (Å²) in [6, 6.07) is 0. The second kappa shape index (κ2) is 6.23. The molecule has 0 aromatic heterocycles. The molecule has 1 heterocycles. The van der Waals surface area contributed by atoms with E-state index >= 15 is 0 Å². The molecular weight excluding hydrogens is 240 g/mol. The van der Waals surface area contributed by atoms with Crippen LogP contribution in [-0.4, -0.2) is 61.6 Å². The number of hydrogen-bond donors (Lipinski definition) is 0. The number of hydrogen-bond acceptors (Lipinski definition) is 4. The summed E-state index contributed by atoms with van der Waals surface area (Å²) in [5.41, 5.74) is -0.107. The summed E-state index contributed by atoms with van der Waals surface area (Å²) >= 11 is 0. The Kier molecular flexibility index (Phi) is 5.39. The van der Waals surface area contributed by atoms with Crippen LogP contribution in [0, 0.1) is 5.41 Å². The van der Waals surface area contributed by atoms with Crippen LogP contribution in [0.25, 0.3) is 0 Å². The minimum atomic E-state index is -0.298. The standard InChI is InChI=1S/C15H30N2O2/c1-14(2,3)17-9-7-15(4,8-10-17)13(18)19-12-11-16(5)6/h7-12H2,1-6H3. The van der Waals surface area contributed by atoms with Crippen LogP contribution in [0.4, 0.5) is 0 Å². The Balaban J connectivity index is 2.44. The maximum atomic E-state index is 12.2. The maximum absolute atomic E-state index is 12.2. The Labute approximate surface area is 118 Å². The monoisotopic (exact) mass is 270 g/mol. The van der Waals surface area contributed by atoms with Crippen molar-refractivity contribution in [1.82, 2.24) is 9.80 Å². The average molecular weight is 270 g/mol. The lowest BCUT2D eigenvalue weighted by molar-refractivity contribution is -0.158. The third kappa shape index (κ3) is 4.77. The molecule has 1 aliphatic rings. The van der Waals surface area contributed by atoms with Crippen LogP contribution >= 0.6 is 0 Å². The van der Waals surface area contributed by atoms with E-state index in [0.717, 1.165) is 32.5 Å². The smallest absolute Gasteiger partial charge is 0.311 e. The zero-order valence-electron chi connectivity index (χ0n) is 13.5. The molecule has 0 N–H and O–H groups in total. The highest BCUT2D eigenvalue weighted by Crippen LogP contribution is 2.34. The summed E-state index contributed by atoms with van der Waals surface area (Å²) < 4.78 is 5.42. The third-order valence-corrected chi connectivity index (χ3v) is 4.08. The molecule has 0 aliphatic carbocycles. The van der Waals surface area contributed by atoms with E-state index in [1.54, 1.807) is 0 Å². The van der Waals surface area contributed by atoms with Crippen molar-refractivity contribution in [3.8, 4) is 0 Å². The molecule has 0 atom stereocenters. The molecule has 112 valence electrons. The molecule has 0 saturated carbocycles. The lowest BCUT2D eigenvalue weighted by atomic mass is 9.79. The number of esters is 1. The Hall–Kier alpha value is -0.610. The van der Waals surface area contributed by atoms with Crippen LogP contribution in [0.2, 0.25) is 0 Å². The van der Waals surface area contributed by atoms with E-state index in [1.165, 1.54) is 0 Å². The highest BCUT2D eigenvalue weighted by atomic mass is 16.5. The molecule has 0 bridgehead atoms. The predicted octanol–water partition coefficient (Wildman–Crippen LogP) is 1.99. The number of likely N-dealkylation sites (N-methyl/N-ethyl adjacent to an activating group) is 1. The fourth-order valence-electron chi connectivity index (χ4n) is 2.37. The van der Waals surface area contributed by atoms with Crippen LogP contribution in [-0.2, 0) is 9.53 Å². The molecule has 19 heavy (non-hydrogen) atoms. The molecule has 4 heteroatoms. The molecule has 0 unspecified atom stereocenters. The number of likely N-dealkylation sites (tertiary alicyclic amines) is 1.